The third-order valence-electron chi connectivity index (χ3n) is 8.45. The maximum atomic E-state index is 14.1. The van der Waals surface area contributed by atoms with Crippen molar-refractivity contribution in [2.24, 2.45) is 5.73 Å². The predicted octanol–water partition coefficient (Wildman–Crippen LogP) is 1.67. The number of primary amides is 1. The minimum absolute atomic E-state index is 0.00356. The molecule has 268 valence electrons. The molecule has 5 amide bonds. The number of nitrogens with two attached hydrogens (primary N) is 1. The second-order valence-electron chi connectivity index (χ2n) is 12.4. The summed E-state index contributed by atoms with van der Waals surface area (Å²) >= 11 is 0. The van der Waals surface area contributed by atoms with E-state index in [2.05, 4.69) is 21.3 Å². The van der Waals surface area contributed by atoms with Crippen LogP contribution < -0.4 is 31.7 Å². The molecule has 4 aromatic carbocycles. The summed E-state index contributed by atoms with van der Waals surface area (Å²) in [5.74, 6) is -5.00. The number of fused-ring (bicyclic) bond motifs is 16. The van der Waals surface area contributed by atoms with Gasteiger partial charge in [-0.05, 0) is 39.9 Å². The fourth-order valence-corrected chi connectivity index (χ4v) is 5.74. The van der Waals surface area contributed by atoms with Gasteiger partial charge in [0.05, 0.1) is 6.42 Å². The van der Waals surface area contributed by atoms with Crippen LogP contribution in [0, 0.1) is 0 Å². The van der Waals surface area contributed by atoms with E-state index in [0.29, 0.717) is 16.7 Å². The standard InChI is InChI=1S/C39H39N5O8/c40-34(45)22-32-38(49)43-31(20-25-11-15-28(16-12-25)27-9-5-2-6-10-27)36(47)42-30(19-24-7-3-1-4-8-24)37(48)44-33(39(50)51)21-26-13-17-29(18-14-26)52-23-35(46)41-32/h1-18,30-33H,19-23H2,(H2,40,45)(H,41,46)(H,42,47)(H,43,49)(H,44,48)(H,50,51)/t30-,31-,32-,33-/m0/s1. The van der Waals surface area contributed by atoms with Gasteiger partial charge in [0, 0.05) is 19.3 Å². The van der Waals surface area contributed by atoms with E-state index >= 15 is 0 Å². The number of carboxylic acid groups (broad SMARTS) is 1. The van der Waals surface area contributed by atoms with Gasteiger partial charge in [-0.1, -0.05) is 97.1 Å². The predicted molar refractivity (Wildman–Crippen MR) is 191 cm³/mol. The molecule has 2 aliphatic heterocycles. The zero-order chi connectivity index (χ0) is 37.0. The van der Waals surface area contributed by atoms with E-state index in [0.717, 1.165) is 11.1 Å². The van der Waals surface area contributed by atoms with E-state index in [1.165, 1.54) is 12.1 Å². The van der Waals surface area contributed by atoms with Crippen molar-refractivity contribution in [3.63, 3.8) is 0 Å². The van der Waals surface area contributed by atoms with E-state index < -0.39 is 72.7 Å². The Morgan fingerprint density at radius 1 is 0.635 bits per heavy atom. The Kier molecular flexibility index (Phi) is 12.3. The molecule has 7 N–H and O–H groups in total. The first-order valence-corrected chi connectivity index (χ1v) is 16.7. The monoisotopic (exact) mass is 705 g/mol. The molecule has 0 aliphatic carbocycles. The summed E-state index contributed by atoms with van der Waals surface area (Å²) in [5, 5.41) is 20.4. The molecule has 0 saturated carbocycles. The fraction of sp³-hybridized carbons (Fsp3) is 0.231. The Morgan fingerprint density at radius 2 is 1.15 bits per heavy atom. The van der Waals surface area contributed by atoms with Gasteiger partial charge < -0.3 is 36.8 Å². The largest absolute Gasteiger partial charge is 0.484 e. The minimum Gasteiger partial charge on any atom is -0.484 e. The second-order valence-corrected chi connectivity index (χ2v) is 12.4. The SMILES string of the molecule is NC(=O)C[C@@H]1NC(=O)COc2ccc(cc2)C[C@@H](C(=O)O)NC(=O)[C@H](Cc2ccccc2)NC(=O)[C@H](Cc2ccc(-c3ccccc3)cc2)NC1=O. The van der Waals surface area contributed by atoms with Crippen LogP contribution >= 0.6 is 0 Å². The van der Waals surface area contributed by atoms with Gasteiger partial charge in [0.1, 0.15) is 29.9 Å². The maximum Gasteiger partial charge on any atom is 0.326 e. The van der Waals surface area contributed by atoms with Crippen molar-refractivity contribution in [3.8, 4) is 16.9 Å². The lowest BCUT2D eigenvalue weighted by molar-refractivity contribution is -0.142. The number of carboxylic acids is 1. The van der Waals surface area contributed by atoms with Gasteiger partial charge >= 0.3 is 5.97 Å². The fourth-order valence-electron chi connectivity index (χ4n) is 5.74. The van der Waals surface area contributed by atoms with Gasteiger partial charge in [-0.2, -0.15) is 0 Å². The van der Waals surface area contributed by atoms with Crippen molar-refractivity contribution in [1.82, 2.24) is 21.3 Å². The van der Waals surface area contributed by atoms with Crippen LogP contribution in [0.15, 0.2) is 109 Å². The first kappa shape index (κ1) is 36.8. The smallest absolute Gasteiger partial charge is 0.326 e. The molecule has 4 atom stereocenters. The summed E-state index contributed by atoms with van der Waals surface area (Å²) in [7, 11) is 0. The second kappa shape index (κ2) is 17.4. The number of rotatable bonds is 8. The van der Waals surface area contributed by atoms with E-state index in [4.69, 9.17) is 10.5 Å². The molecule has 0 aromatic heterocycles. The highest BCUT2D eigenvalue weighted by atomic mass is 16.5. The number of hydrogen-bond donors (Lipinski definition) is 6. The molecule has 0 unspecified atom stereocenters. The summed E-state index contributed by atoms with van der Waals surface area (Å²) in [5.41, 5.74) is 9.22. The number of nitrogens with one attached hydrogen (secondary N) is 4. The van der Waals surface area contributed by atoms with Gasteiger partial charge in [0.2, 0.25) is 23.6 Å². The average Bonchev–Trinajstić information content (AvgIpc) is 3.14. The molecule has 6 rings (SSSR count). The van der Waals surface area contributed by atoms with Crippen LogP contribution in [0.4, 0.5) is 0 Å². The zero-order valence-corrected chi connectivity index (χ0v) is 28.1. The van der Waals surface area contributed by atoms with Crippen LogP contribution in [-0.4, -0.2) is 71.4 Å². The third-order valence-corrected chi connectivity index (χ3v) is 8.45. The lowest BCUT2D eigenvalue weighted by Crippen LogP contribution is -2.59. The van der Waals surface area contributed by atoms with Crippen molar-refractivity contribution in [2.75, 3.05) is 6.61 Å². The zero-order valence-electron chi connectivity index (χ0n) is 28.1. The Bertz CT molecular complexity index is 1890. The lowest BCUT2D eigenvalue weighted by Gasteiger charge is -2.26. The quantitative estimate of drug-likeness (QED) is 0.148. The van der Waals surface area contributed by atoms with Crippen LogP contribution in [0.2, 0.25) is 0 Å². The number of amides is 5. The third kappa shape index (κ3) is 10.5. The molecule has 0 saturated heterocycles. The number of carbonyl (C=O) groups excluding carboxylic acids is 5. The lowest BCUT2D eigenvalue weighted by atomic mass is 9.99. The summed E-state index contributed by atoms with van der Waals surface area (Å²) in [6, 6.07) is 26.7. The number of benzene rings is 4. The van der Waals surface area contributed by atoms with Crippen LogP contribution in [-0.2, 0) is 48.0 Å². The van der Waals surface area contributed by atoms with Crippen LogP contribution in [0.3, 0.4) is 0 Å². The highest BCUT2D eigenvalue weighted by molar-refractivity contribution is 5.96. The molecule has 13 nitrogen and oxygen atoms in total. The summed E-state index contributed by atoms with van der Waals surface area (Å²) in [4.78, 5) is 78.7. The van der Waals surface area contributed by atoms with Crippen molar-refractivity contribution in [2.45, 2.75) is 49.9 Å². The number of aliphatic carboxylic acids is 1. The molecule has 4 aromatic rings. The summed E-state index contributed by atoms with van der Waals surface area (Å²) < 4.78 is 5.54. The molecular weight excluding hydrogens is 666 g/mol. The van der Waals surface area contributed by atoms with Crippen molar-refractivity contribution >= 4 is 35.5 Å². The van der Waals surface area contributed by atoms with Crippen LogP contribution in [0.5, 0.6) is 5.75 Å². The van der Waals surface area contributed by atoms with Gasteiger partial charge in [0.15, 0.2) is 6.61 Å². The molecule has 0 spiro atoms. The Labute approximate surface area is 299 Å². The average molecular weight is 706 g/mol. The number of ether oxygens (including phenoxy) is 1. The molecule has 2 bridgehead atoms. The van der Waals surface area contributed by atoms with E-state index in [1.54, 1.807) is 54.6 Å². The Hall–Kier alpha value is -6.50. The van der Waals surface area contributed by atoms with Gasteiger partial charge in [0.25, 0.3) is 5.91 Å². The molecule has 52 heavy (non-hydrogen) atoms. The number of carbonyl (C=O) groups is 6. The highest BCUT2D eigenvalue weighted by Crippen LogP contribution is 2.20. The highest BCUT2D eigenvalue weighted by Gasteiger charge is 2.32. The molecule has 0 fully saturated rings. The first-order chi connectivity index (χ1) is 25.0. The van der Waals surface area contributed by atoms with Crippen molar-refractivity contribution in [3.05, 3.63) is 126 Å². The molecule has 13 heteroatoms. The molecule has 2 heterocycles. The summed E-state index contributed by atoms with van der Waals surface area (Å²) in [6.45, 7) is -0.519. The topological polar surface area (TPSA) is 206 Å². The van der Waals surface area contributed by atoms with Gasteiger partial charge in [-0.15, -0.1) is 0 Å². The molecule has 2 aliphatic rings. The van der Waals surface area contributed by atoms with Gasteiger partial charge in [-0.25, -0.2) is 4.79 Å². The molecule has 0 radical (unpaired) electrons. The maximum absolute atomic E-state index is 14.1. The Balaban J connectivity index is 1.49. The summed E-state index contributed by atoms with van der Waals surface area (Å²) in [6.07, 6.45) is -0.690. The Morgan fingerprint density at radius 3 is 1.73 bits per heavy atom. The van der Waals surface area contributed by atoms with Crippen molar-refractivity contribution < 1.29 is 38.6 Å². The van der Waals surface area contributed by atoms with Gasteiger partial charge in [-0.3, -0.25) is 24.0 Å². The molecular formula is C39H39N5O8. The minimum atomic E-state index is -1.45. The van der Waals surface area contributed by atoms with Crippen LogP contribution in [0.25, 0.3) is 11.1 Å². The van der Waals surface area contributed by atoms with Crippen molar-refractivity contribution in [1.29, 1.82) is 0 Å². The van der Waals surface area contributed by atoms with Crippen LogP contribution in [0.1, 0.15) is 23.1 Å². The first-order valence-electron chi connectivity index (χ1n) is 16.7. The van der Waals surface area contributed by atoms with E-state index in [1.807, 2.05) is 42.5 Å². The number of hydrogen-bond acceptors (Lipinski definition) is 7. The normalized spacial score (nSPS) is 20.1. The van der Waals surface area contributed by atoms with E-state index in [-0.39, 0.29) is 25.0 Å². The van der Waals surface area contributed by atoms with E-state index in [9.17, 15) is 33.9 Å².